The molecule has 2 N–H and O–H groups in total. The first kappa shape index (κ1) is 27.3. The number of carbonyl (C=O) groups excluding carboxylic acids is 1. The van der Waals surface area contributed by atoms with Crippen LogP contribution in [0.3, 0.4) is 0 Å². The highest BCUT2D eigenvalue weighted by Crippen LogP contribution is 2.38. The molecule has 2 amide bonds. The molecule has 3 aromatic carbocycles. The van der Waals surface area contributed by atoms with Crippen LogP contribution >= 0.6 is 34.8 Å². The average molecular weight is 573 g/mol. The van der Waals surface area contributed by atoms with Gasteiger partial charge in [0, 0.05) is 52.0 Å². The van der Waals surface area contributed by atoms with Gasteiger partial charge in [0.05, 0.1) is 0 Å². The van der Waals surface area contributed by atoms with Crippen molar-refractivity contribution in [3.63, 3.8) is 0 Å². The van der Waals surface area contributed by atoms with E-state index >= 15 is 0 Å². The fourth-order valence-electron chi connectivity index (χ4n) is 5.67. The van der Waals surface area contributed by atoms with Crippen LogP contribution in [0.2, 0.25) is 15.1 Å². The second-order valence-corrected chi connectivity index (χ2v) is 11.5. The van der Waals surface area contributed by atoms with Crippen molar-refractivity contribution in [3.05, 3.63) is 87.4 Å². The highest BCUT2D eigenvalue weighted by molar-refractivity contribution is 6.35. The van der Waals surface area contributed by atoms with E-state index in [1.165, 1.54) is 5.56 Å². The van der Waals surface area contributed by atoms with E-state index < -0.39 is 0 Å². The van der Waals surface area contributed by atoms with Crippen molar-refractivity contribution in [2.45, 2.75) is 37.1 Å². The number of benzene rings is 3. The van der Waals surface area contributed by atoms with Crippen LogP contribution < -0.4 is 10.6 Å². The lowest BCUT2D eigenvalue weighted by molar-refractivity contribution is 0.0173. The molecule has 5 nitrogen and oxygen atoms in total. The Balaban J connectivity index is 1.33. The van der Waals surface area contributed by atoms with Gasteiger partial charge < -0.3 is 20.3 Å². The molecule has 38 heavy (non-hydrogen) atoms. The van der Waals surface area contributed by atoms with Gasteiger partial charge in [0.1, 0.15) is 0 Å². The van der Waals surface area contributed by atoms with Crippen LogP contribution in [-0.4, -0.2) is 49.8 Å². The zero-order chi connectivity index (χ0) is 26.5. The Kier molecular flexibility index (Phi) is 8.81. The van der Waals surface area contributed by atoms with Crippen LogP contribution in [0, 0.1) is 0 Å². The van der Waals surface area contributed by atoms with Gasteiger partial charge in [0.15, 0.2) is 0 Å². The monoisotopic (exact) mass is 571 g/mol. The molecule has 0 unspecified atom stereocenters. The lowest BCUT2D eigenvalue weighted by atomic mass is 9.72. The molecular weight excluding hydrogens is 541 g/mol. The molecule has 5 rings (SSSR count). The molecule has 2 aliphatic heterocycles. The summed E-state index contributed by atoms with van der Waals surface area (Å²) in [5.74, 6) is 0. The Morgan fingerprint density at radius 3 is 2.21 bits per heavy atom. The molecular formula is C30H32Cl3N3O2. The van der Waals surface area contributed by atoms with Crippen molar-refractivity contribution >= 4 is 46.5 Å². The summed E-state index contributed by atoms with van der Waals surface area (Å²) in [4.78, 5) is 15.5. The zero-order valence-corrected chi connectivity index (χ0v) is 23.5. The Morgan fingerprint density at radius 2 is 1.55 bits per heavy atom. The maximum absolute atomic E-state index is 12.9. The van der Waals surface area contributed by atoms with Crippen molar-refractivity contribution in [3.8, 4) is 11.1 Å². The summed E-state index contributed by atoms with van der Waals surface area (Å²) in [5.41, 5.74) is 3.84. The van der Waals surface area contributed by atoms with Crippen molar-refractivity contribution < 1.29 is 9.53 Å². The molecule has 8 heteroatoms. The Morgan fingerprint density at radius 1 is 0.868 bits per heavy atom. The third-order valence-electron chi connectivity index (χ3n) is 7.83. The fraction of sp³-hybridized carbons (Fsp3) is 0.367. The van der Waals surface area contributed by atoms with E-state index in [1.54, 1.807) is 18.2 Å². The van der Waals surface area contributed by atoms with Crippen LogP contribution in [0.15, 0.2) is 66.7 Å². The van der Waals surface area contributed by atoms with E-state index in [2.05, 4.69) is 45.9 Å². The molecule has 2 aliphatic rings. The Labute approximate surface area is 239 Å². The quantitative estimate of drug-likeness (QED) is 0.319. The van der Waals surface area contributed by atoms with Crippen molar-refractivity contribution in [1.82, 2.24) is 10.2 Å². The highest BCUT2D eigenvalue weighted by atomic mass is 35.5. The number of rotatable bonds is 6. The number of ether oxygens (including phenoxy) is 1. The van der Waals surface area contributed by atoms with Crippen molar-refractivity contribution in [2.75, 3.05) is 38.2 Å². The van der Waals surface area contributed by atoms with Gasteiger partial charge in [0.25, 0.3) is 0 Å². The summed E-state index contributed by atoms with van der Waals surface area (Å²) in [6.45, 7) is 4.20. The van der Waals surface area contributed by atoms with Crippen molar-refractivity contribution in [1.29, 1.82) is 0 Å². The van der Waals surface area contributed by atoms with Crippen LogP contribution in [0.4, 0.5) is 10.5 Å². The van der Waals surface area contributed by atoms with Crippen LogP contribution in [0.1, 0.15) is 31.2 Å². The van der Waals surface area contributed by atoms with Gasteiger partial charge in [-0.1, -0.05) is 71.2 Å². The topological polar surface area (TPSA) is 53.6 Å². The van der Waals surface area contributed by atoms with E-state index in [4.69, 9.17) is 39.5 Å². The molecule has 2 heterocycles. The Bertz CT molecular complexity index is 1230. The minimum absolute atomic E-state index is 0.169. The second kappa shape index (κ2) is 12.3. The number of urea groups is 1. The van der Waals surface area contributed by atoms with Crippen LogP contribution in [0.5, 0.6) is 0 Å². The summed E-state index contributed by atoms with van der Waals surface area (Å²) < 4.78 is 5.58. The van der Waals surface area contributed by atoms with E-state index in [-0.39, 0.29) is 11.4 Å². The number of nitrogens with zero attached hydrogens (tertiary/aromatic N) is 1. The zero-order valence-electron chi connectivity index (χ0n) is 21.2. The van der Waals surface area contributed by atoms with Gasteiger partial charge in [-0.05, 0) is 85.8 Å². The first-order chi connectivity index (χ1) is 18.4. The number of hydrogen-bond donors (Lipinski definition) is 2. The maximum atomic E-state index is 12.9. The molecule has 3 aromatic rings. The molecule has 0 saturated carbocycles. The van der Waals surface area contributed by atoms with Gasteiger partial charge in [0.2, 0.25) is 0 Å². The predicted molar refractivity (Wildman–Crippen MR) is 157 cm³/mol. The van der Waals surface area contributed by atoms with Crippen molar-refractivity contribution in [2.24, 2.45) is 0 Å². The molecule has 0 spiro atoms. The summed E-state index contributed by atoms with van der Waals surface area (Å²) >= 11 is 18.4. The number of amides is 2. The standard InChI is InChI=1S/C30H32Cl3N3O2/c31-24-3-1-2-22(16-24)21-4-6-23(7-5-21)30(10-12-36(13-11-30)28-8-14-38-15-9-28)20-34-29(37)35-27-18-25(32)17-26(33)19-27/h1-7,16-19,28H,8-15,20H2,(H2,34,35,37). The number of carbonyl (C=O) groups is 1. The molecule has 2 saturated heterocycles. The molecule has 0 bridgehead atoms. The molecule has 0 atom stereocenters. The molecule has 200 valence electrons. The van der Waals surface area contributed by atoms with Gasteiger partial charge in [-0.15, -0.1) is 0 Å². The van der Waals surface area contributed by atoms with Crippen LogP contribution in [-0.2, 0) is 10.2 Å². The smallest absolute Gasteiger partial charge is 0.319 e. The fourth-order valence-corrected chi connectivity index (χ4v) is 6.39. The van der Waals surface area contributed by atoms with E-state index in [9.17, 15) is 4.79 Å². The second-order valence-electron chi connectivity index (χ2n) is 10.2. The number of hydrogen-bond acceptors (Lipinski definition) is 3. The number of likely N-dealkylation sites (tertiary alicyclic amines) is 1. The normalized spacial score (nSPS) is 18.2. The lowest BCUT2D eigenvalue weighted by Gasteiger charge is -2.45. The summed E-state index contributed by atoms with van der Waals surface area (Å²) in [6, 6.07) is 21.9. The predicted octanol–water partition coefficient (Wildman–Crippen LogP) is 7.65. The van der Waals surface area contributed by atoms with E-state index in [0.717, 1.165) is 68.1 Å². The minimum atomic E-state index is -0.273. The SMILES string of the molecule is O=C(NCC1(c2ccc(-c3cccc(Cl)c3)cc2)CCN(C2CCOCC2)CC1)Nc1cc(Cl)cc(Cl)c1. The first-order valence-electron chi connectivity index (χ1n) is 13.1. The summed E-state index contributed by atoms with van der Waals surface area (Å²) in [7, 11) is 0. The summed E-state index contributed by atoms with van der Waals surface area (Å²) in [6.07, 6.45) is 4.10. The first-order valence-corrected chi connectivity index (χ1v) is 14.2. The van der Waals surface area contributed by atoms with Gasteiger partial charge in [-0.3, -0.25) is 0 Å². The van der Waals surface area contributed by atoms with Gasteiger partial charge in [-0.2, -0.15) is 0 Å². The van der Waals surface area contributed by atoms with Gasteiger partial charge >= 0.3 is 6.03 Å². The van der Waals surface area contributed by atoms with E-state index in [0.29, 0.717) is 28.3 Å². The maximum Gasteiger partial charge on any atom is 0.319 e. The number of halogens is 3. The van der Waals surface area contributed by atoms with Gasteiger partial charge in [-0.25, -0.2) is 4.79 Å². The lowest BCUT2D eigenvalue weighted by Crippen LogP contribution is -2.52. The Hall–Kier alpha value is -2.28. The molecule has 0 aromatic heterocycles. The third-order valence-corrected chi connectivity index (χ3v) is 8.50. The third kappa shape index (κ3) is 6.64. The molecule has 0 aliphatic carbocycles. The number of piperidine rings is 1. The molecule has 2 fully saturated rings. The molecule has 0 radical (unpaired) electrons. The largest absolute Gasteiger partial charge is 0.381 e. The summed E-state index contributed by atoms with van der Waals surface area (Å²) in [5, 5.41) is 7.68. The number of anilines is 1. The van der Waals surface area contributed by atoms with Crippen LogP contribution in [0.25, 0.3) is 11.1 Å². The minimum Gasteiger partial charge on any atom is -0.381 e. The number of nitrogens with one attached hydrogen (secondary N) is 2. The highest BCUT2D eigenvalue weighted by Gasteiger charge is 2.38. The van der Waals surface area contributed by atoms with E-state index in [1.807, 2.05) is 18.2 Å². The average Bonchev–Trinajstić information content (AvgIpc) is 2.92.